The Morgan fingerprint density at radius 1 is 1.09 bits per heavy atom. The summed E-state index contributed by atoms with van der Waals surface area (Å²) in [5.41, 5.74) is 0.320. The topological polar surface area (TPSA) is 91.4 Å². The third-order valence-corrected chi connectivity index (χ3v) is 6.22. The Morgan fingerprint density at radius 2 is 1.85 bits per heavy atom. The summed E-state index contributed by atoms with van der Waals surface area (Å²) in [6, 6.07) is 7.04. The molecule has 0 bridgehead atoms. The Hall–Kier alpha value is -3.02. The quantitative estimate of drug-likeness (QED) is 0.194. The Bertz CT molecular complexity index is 1300. The Kier molecular flexibility index (Phi) is 7.44. The molecule has 7 nitrogen and oxygen atoms in total. The highest BCUT2D eigenvalue weighted by Gasteiger charge is 2.25. The number of carbonyl (C=O) groups is 1. The molecule has 0 spiro atoms. The largest absolute Gasteiger partial charge is 0.368 e. The fourth-order valence-electron chi connectivity index (χ4n) is 3.99. The van der Waals surface area contributed by atoms with Crippen LogP contribution in [0.5, 0.6) is 0 Å². The summed E-state index contributed by atoms with van der Waals surface area (Å²) in [5, 5.41) is 3.89. The van der Waals surface area contributed by atoms with Crippen LogP contribution in [-0.4, -0.2) is 51.9 Å². The summed E-state index contributed by atoms with van der Waals surface area (Å²) in [6.45, 7) is 3.28. The molecule has 2 aromatic carbocycles. The highest BCUT2D eigenvalue weighted by Crippen LogP contribution is 2.27. The maximum Gasteiger partial charge on any atom is 0.201 e. The zero-order valence-corrected chi connectivity index (χ0v) is 19.0. The number of ketones is 1. The molecular formula is C23H23F3N4O3S. The summed E-state index contributed by atoms with van der Waals surface area (Å²) < 4.78 is 67.1. The number of nitrogens with zero attached hydrogens (tertiary/aromatic N) is 2. The van der Waals surface area contributed by atoms with Crippen LogP contribution in [0.3, 0.4) is 0 Å². The van der Waals surface area contributed by atoms with Crippen LogP contribution in [0.1, 0.15) is 27.9 Å². The van der Waals surface area contributed by atoms with Crippen molar-refractivity contribution in [3.8, 4) is 0 Å². The van der Waals surface area contributed by atoms with E-state index in [4.69, 9.17) is 0 Å². The van der Waals surface area contributed by atoms with Gasteiger partial charge in [0.25, 0.3) is 0 Å². The van der Waals surface area contributed by atoms with Gasteiger partial charge in [0.2, 0.25) is 10.9 Å². The number of hydrogen-bond acceptors (Lipinski definition) is 6. The molecule has 0 radical (unpaired) electrons. The lowest BCUT2D eigenvalue weighted by atomic mass is 9.96. The summed E-state index contributed by atoms with van der Waals surface area (Å²) in [5.74, 6) is -5.03. The molecule has 180 valence electrons. The smallest absolute Gasteiger partial charge is 0.201 e. The van der Waals surface area contributed by atoms with E-state index in [0.717, 1.165) is 31.9 Å². The number of pyridine rings is 1. The van der Waals surface area contributed by atoms with E-state index in [1.54, 1.807) is 12.3 Å². The molecule has 3 aromatic rings. The monoisotopic (exact) mass is 492 g/mol. The van der Waals surface area contributed by atoms with Gasteiger partial charge in [-0.3, -0.25) is 9.78 Å². The van der Waals surface area contributed by atoms with Gasteiger partial charge in [-0.15, -0.1) is 0 Å². The number of aryl methyl sites for hydroxylation is 1. The molecule has 1 aliphatic heterocycles. The van der Waals surface area contributed by atoms with E-state index in [1.165, 1.54) is 12.1 Å². The van der Waals surface area contributed by atoms with Crippen LogP contribution in [0.15, 0.2) is 36.5 Å². The van der Waals surface area contributed by atoms with Crippen LogP contribution in [0.2, 0.25) is 0 Å². The van der Waals surface area contributed by atoms with Crippen molar-refractivity contribution in [3.63, 3.8) is 0 Å². The highest BCUT2D eigenvalue weighted by molar-refractivity contribution is 7.70. The number of fused-ring (bicyclic) bond motifs is 1. The average Bonchev–Trinajstić information content (AvgIpc) is 2.84. The number of aromatic nitrogens is 1. The fourth-order valence-corrected chi connectivity index (χ4v) is 4.33. The van der Waals surface area contributed by atoms with Gasteiger partial charge in [0, 0.05) is 43.7 Å². The van der Waals surface area contributed by atoms with Crippen LogP contribution in [0, 0.1) is 17.5 Å². The lowest BCUT2D eigenvalue weighted by Crippen LogP contribution is -2.43. The van der Waals surface area contributed by atoms with E-state index in [-0.39, 0.29) is 30.5 Å². The number of piperazine rings is 1. The number of carbonyl (C=O) groups excluding carboxylic acids is 1. The second kappa shape index (κ2) is 10.5. The van der Waals surface area contributed by atoms with E-state index in [2.05, 4.69) is 19.9 Å². The van der Waals surface area contributed by atoms with Crippen molar-refractivity contribution in [2.75, 3.05) is 37.6 Å². The van der Waals surface area contributed by atoms with Gasteiger partial charge in [-0.25, -0.2) is 26.3 Å². The molecule has 0 saturated carbocycles. The number of halogens is 3. The van der Waals surface area contributed by atoms with Gasteiger partial charge in [-0.2, -0.15) is 0 Å². The van der Waals surface area contributed by atoms with Crippen LogP contribution in [0.25, 0.3) is 10.9 Å². The number of benzene rings is 2. The van der Waals surface area contributed by atoms with Gasteiger partial charge in [0.1, 0.15) is 5.82 Å². The molecule has 1 aliphatic rings. The van der Waals surface area contributed by atoms with Gasteiger partial charge in [-0.1, -0.05) is 0 Å². The minimum absolute atomic E-state index is 0.00568. The zero-order valence-electron chi connectivity index (χ0n) is 18.1. The van der Waals surface area contributed by atoms with Crippen molar-refractivity contribution in [2.45, 2.75) is 12.8 Å². The van der Waals surface area contributed by atoms with Gasteiger partial charge in [0.15, 0.2) is 17.4 Å². The predicted octanol–water partition coefficient (Wildman–Crippen LogP) is 2.34. The minimum Gasteiger partial charge on any atom is -0.368 e. The predicted molar refractivity (Wildman–Crippen MR) is 123 cm³/mol. The van der Waals surface area contributed by atoms with E-state index in [1.807, 2.05) is 6.07 Å². The Labute approximate surface area is 196 Å². The SMILES string of the molecule is O=C(c1ccc2ncc(N3CCNCC3)cc2c1)c1c(F)c(F)cc(CCCN[SH](=O)=O)c1F. The number of anilines is 1. The molecule has 0 atom stereocenters. The molecular weight excluding hydrogens is 469 g/mol. The molecule has 1 aromatic heterocycles. The van der Waals surface area contributed by atoms with Crippen molar-refractivity contribution in [3.05, 3.63) is 70.7 Å². The highest BCUT2D eigenvalue weighted by atomic mass is 32.2. The first-order valence-corrected chi connectivity index (χ1v) is 12.0. The third-order valence-electron chi connectivity index (χ3n) is 5.73. The van der Waals surface area contributed by atoms with Crippen LogP contribution >= 0.6 is 0 Å². The zero-order chi connectivity index (χ0) is 24.2. The molecule has 0 amide bonds. The number of nitrogens with one attached hydrogen (secondary N) is 2. The van der Waals surface area contributed by atoms with E-state index in [0.29, 0.717) is 17.0 Å². The van der Waals surface area contributed by atoms with Crippen molar-refractivity contribution in [1.82, 2.24) is 15.0 Å². The van der Waals surface area contributed by atoms with Gasteiger partial charge in [0.05, 0.1) is 23.0 Å². The van der Waals surface area contributed by atoms with Gasteiger partial charge < -0.3 is 10.2 Å². The van der Waals surface area contributed by atoms with Gasteiger partial charge in [-0.05, 0) is 48.7 Å². The Morgan fingerprint density at radius 3 is 2.59 bits per heavy atom. The maximum absolute atomic E-state index is 15.1. The van der Waals surface area contributed by atoms with Gasteiger partial charge >= 0.3 is 0 Å². The molecule has 0 unspecified atom stereocenters. The number of rotatable bonds is 8. The number of thiol groups is 1. The van der Waals surface area contributed by atoms with Crippen molar-refractivity contribution in [2.24, 2.45) is 0 Å². The third kappa shape index (κ3) is 5.21. The van der Waals surface area contributed by atoms with Crippen molar-refractivity contribution < 1.29 is 26.4 Å². The standard InChI is InChI=1S/C23H23F3N4O3S/c24-18-12-14(2-1-5-29-34(32)33)21(25)20(22(18)26)23(31)15-3-4-19-16(10-15)11-17(13-28-19)30-8-6-27-7-9-30/h3-4,10-13,27,34H,1-2,5-9H2,(H,29,32,33). The normalized spacial score (nSPS) is 14.2. The molecule has 34 heavy (non-hydrogen) atoms. The van der Waals surface area contributed by atoms with E-state index >= 15 is 4.39 Å². The molecule has 11 heteroatoms. The summed E-state index contributed by atoms with van der Waals surface area (Å²) in [4.78, 5) is 19.6. The first-order chi connectivity index (χ1) is 16.3. The summed E-state index contributed by atoms with van der Waals surface area (Å²) in [6.07, 6.45) is 1.82. The molecule has 4 rings (SSSR count). The second-order valence-corrected chi connectivity index (χ2v) is 8.79. The van der Waals surface area contributed by atoms with Crippen LogP contribution in [0.4, 0.5) is 18.9 Å². The maximum atomic E-state index is 15.1. The first-order valence-electron chi connectivity index (χ1n) is 10.8. The second-order valence-electron chi connectivity index (χ2n) is 7.96. The average molecular weight is 493 g/mol. The minimum atomic E-state index is -2.81. The first kappa shape index (κ1) is 24.1. The summed E-state index contributed by atoms with van der Waals surface area (Å²) >= 11 is 0. The Balaban J connectivity index is 1.65. The molecule has 0 aliphatic carbocycles. The lowest BCUT2D eigenvalue weighted by Gasteiger charge is -2.29. The fraction of sp³-hybridized carbons (Fsp3) is 0.304. The molecule has 1 saturated heterocycles. The van der Waals surface area contributed by atoms with Crippen LogP contribution in [-0.2, 0) is 17.3 Å². The van der Waals surface area contributed by atoms with Crippen LogP contribution < -0.4 is 14.9 Å². The lowest BCUT2D eigenvalue weighted by molar-refractivity contribution is 0.102. The molecule has 2 heterocycles. The molecule has 1 fully saturated rings. The van der Waals surface area contributed by atoms with Crippen molar-refractivity contribution in [1.29, 1.82) is 0 Å². The van der Waals surface area contributed by atoms with E-state index in [9.17, 15) is 22.0 Å². The number of hydrogen-bond donors (Lipinski definition) is 3. The summed E-state index contributed by atoms with van der Waals surface area (Å²) in [7, 11) is -2.81. The van der Waals surface area contributed by atoms with E-state index < -0.39 is 39.7 Å². The molecule has 2 N–H and O–H groups in total. The van der Waals surface area contributed by atoms with Crippen molar-refractivity contribution >= 4 is 33.3 Å².